The molecule has 22 heavy (non-hydrogen) atoms. The topological polar surface area (TPSA) is 64.2 Å². The van der Waals surface area contributed by atoms with Crippen molar-refractivity contribution >= 4 is 22.3 Å². The van der Waals surface area contributed by atoms with E-state index in [4.69, 9.17) is 0 Å². The van der Waals surface area contributed by atoms with Crippen LogP contribution >= 0.6 is 0 Å². The summed E-state index contributed by atoms with van der Waals surface area (Å²) >= 11 is 0. The van der Waals surface area contributed by atoms with Crippen LogP contribution in [0.2, 0.25) is 0 Å². The number of anilines is 1. The first kappa shape index (κ1) is 14.1. The van der Waals surface area contributed by atoms with Gasteiger partial charge in [0.1, 0.15) is 11.9 Å². The molecule has 112 valence electrons. The maximum Gasteiger partial charge on any atom is 0.312 e. The number of benzene rings is 1. The Morgan fingerprint density at radius 1 is 1.27 bits per heavy atom. The Morgan fingerprint density at radius 2 is 2.09 bits per heavy atom. The van der Waals surface area contributed by atoms with E-state index < -0.39 is 4.92 Å². The van der Waals surface area contributed by atoms with Crippen LogP contribution in [0.4, 0.5) is 11.4 Å². The van der Waals surface area contributed by atoms with E-state index in [0.29, 0.717) is 12.2 Å². The lowest BCUT2D eigenvalue weighted by Gasteiger charge is -2.26. The third-order valence-corrected chi connectivity index (χ3v) is 3.53. The number of fused-ring (bicyclic) bond motifs is 1. The number of hydrogen-bond donors (Lipinski definition) is 0. The molecule has 0 unspecified atom stereocenters. The summed E-state index contributed by atoms with van der Waals surface area (Å²) in [4.78, 5) is 14.8. The molecular formula is C16H16N4O2. The minimum absolute atomic E-state index is 0.00808. The van der Waals surface area contributed by atoms with Crippen molar-refractivity contribution in [3.8, 4) is 0 Å². The van der Waals surface area contributed by atoms with Gasteiger partial charge in [-0.15, -0.1) is 0 Å². The molecule has 6 heteroatoms. The predicted molar refractivity (Wildman–Crippen MR) is 85.9 cm³/mol. The second-order valence-electron chi connectivity index (χ2n) is 4.96. The van der Waals surface area contributed by atoms with Crippen LogP contribution in [0.3, 0.4) is 0 Å². The zero-order valence-corrected chi connectivity index (χ0v) is 12.2. The molecule has 2 aromatic heterocycles. The Labute approximate surface area is 127 Å². The van der Waals surface area contributed by atoms with Crippen molar-refractivity contribution in [3.05, 3.63) is 65.1 Å². The van der Waals surface area contributed by atoms with E-state index in [1.165, 1.54) is 6.20 Å². The van der Waals surface area contributed by atoms with Crippen molar-refractivity contribution in [2.24, 2.45) is 0 Å². The first-order valence-corrected chi connectivity index (χ1v) is 7.14. The van der Waals surface area contributed by atoms with Gasteiger partial charge in [0.15, 0.2) is 0 Å². The molecule has 6 nitrogen and oxygen atoms in total. The number of nitrogens with zero attached hydrogens (tertiary/aromatic N) is 4. The number of aromatic nitrogens is 2. The standard InChI is InChI=1S/C16H16N4O2/c1-2-10-18(15-7-9-17-12-16(15)20(21)22)19-11-8-13-5-3-4-6-14(13)19/h3-9,11-12H,2,10H2,1H3. The van der Waals surface area contributed by atoms with Crippen LogP contribution in [-0.4, -0.2) is 21.1 Å². The molecule has 0 spiro atoms. The van der Waals surface area contributed by atoms with Crippen LogP contribution in [0.25, 0.3) is 10.9 Å². The maximum absolute atomic E-state index is 11.3. The molecule has 2 heterocycles. The lowest BCUT2D eigenvalue weighted by atomic mass is 10.2. The fourth-order valence-corrected chi connectivity index (χ4v) is 2.57. The number of para-hydroxylation sites is 1. The normalized spacial score (nSPS) is 10.8. The fourth-order valence-electron chi connectivity index (χ4n) is 2.57. The highest BCUT2D eigenvalue weighted by atomic mass is 16.6. The summed E-state index contributed by atoms with van der Waals surface area (Å²) in [6.07, 6.45) is 5.68. The van der Waals surface area contributed by atoms with Crippen molar-refractivity contribution in [2.75, 3.05) is 11.6 Å². The summed E-state index contributed by atoms with van der Waals surface area (Å²) in [6, 6.07) is 11.7. The van der Waals surface area contributed by atoms with Crippen LogP contribution in [0.15, 0.2) is 55.0 Å². The molecule has 3 aromatic rings. The van der Waals surface area contributed by atoms with Crippen LogP contribution in [0.5, 0.6) is 0 Å². The van der Waals surface area contributed by atoms with E-state index in [-0.39, 0.29) is 5.69 Å². The molecule has 0 N–H and O–H groups in total. The third kappa shape index (κ3) is 2.39. The van der Waals surface area contributed by atoms with E-state index in [0.717, 1.165) is 17.3 Å². The Bertz CT molecular complexity index is 813. The van der Waals surface area contributed by atoms with Gasteiger partial charge in [-0.2, -0.15) is 0 Å². The highest BCUT2D eigenvalue weighted by molar-refractivity contribution is 5.81. The second-order valence-corrected chi connectivity index (χ2v) is 4.96. The summed E-state index contributed by atoms with van der Waals surface area (Å²) in [5.74, 6) is 0. The Morgan fingerprint density at radius 3 is 2.86 bits per heavy atom. The van der Waals surface area contributed by atoms with Gasteiger partial charge in [0.05, 0.1) is 10.4 Å². The van der Waals surface area contributed by atoms with E-state index >= 15 is 0 Å². The molecule has 3 rings (SSSR count). The van der Waals surface area contributed by atoms with Gasteiger partial charge in [-0.05, 0) is 24.6 Å². The zero-order chi connectivity index (χ0) is 15.5. The molecule has 0 saturated heterocycles. The Hall–Kier alpha value is -2.89. The summed E-state index contributed by atoms with van der Waals surface area (Å²) in [7, 11) is 0. The average Bonchev–Trinajstić information content (AvgIpc) is 2.96. The Kier molecular flexibility index (Phi) is 3.74. The number of rotatable bonds is 5. The van der Waals surface area contributed by atoms with Gasteiger partial charge in [0, 0.05) is 24.3 Å². The fraction of sp³-hybridized carbons (Fsp3) is 0.188. The Balaban J connectivity index is 2.17. The highest BCUT2D eigenvalue weighted by Gasteiger charge is 2.21. The van der Waals surface area contributed by atoms with Crippen LogP contribution in [0, 0.1) is 10.1 Å². The van der Waals surface area contributed by atoms with E-state index in [1.807, 2.05) is 53.1 Å². The molecule has 0 amide bonds. The minimum Gasteiger partial charge on any atom is -0.274 e. The van der Waals surface area contributed by atoms with Crippen molar-refractivity contribution in [1.29, 1.82) is 0 Å². The highest BCUT2D eigenvalue weighted by Crippen LogP contribution is 2.29. The quantitative estimate of drug-likeness (QED) is 0.533. The number of hydrogen-bond acceptors (Lipinski definition) is 4. The van der Waals surface area contributed by atoms with Crippen molar-refractivity contribution in [1.82, 2.24) is 9.66 Å². The van der Waals surface area contributed by atoms with Gasteiger partial charge >= 0.3 is 5.69 Å². The maximum atomic E-state index is 11.3. The lowest BCUT2D eigenvalue weighted by molar-refractivity contribution is -0.384. The number of pyridine rings is 1. The molecule has 0 radical (unpaired) electrons. The van der Waals surface area contributed by atoms with Gasteiger partial charge in [-0.3, -0.25) is 24.8 Å². The van der Waals surface area contributed by atoms with Crippen molar-refractivity contribution < 1.29 is 4.92 Å². The van der Waals surface area contributed by atoms with E-state index in [2.05, 4.69) is 4.98 Å². The van der Waals surface area contributed by atoms with Crippen molar-refractivity contribution in [2.45, 2.75) is 13.3 Å². The van der Waals surface area contributed by atoms with Gasteiger partial charge in [0.2, 0.25) is 0 Å². The van der Waals surface area contributed by atoms with E-state index in [1.54, 1.807) is 12.3 Å². The molecule has 0 aliphatic carbocycles. The van der Waals surface area contributed by atoms with Gasteiger partial charge in [0.25, 0.3) is 0 Å². The molecule has 0 bridgehead atoms. The summed E-state index contributed by atoms with van der Waals surface area (Å²) in [6.45, 7) is 2.72. The first-order chi connectivity index (χ1) is 10.7. The van der Waals surface area contributed by atoms with E-state index in [9.17, 15) is 10.1 Å². The largest absolute Gasteiger partial charge is 0.312 e. The molecule has 1 aromatic carbocycles. The molecular weight excluding hydrogens is 280 g/mol. The molecule has 0 atom stereocenters. The second kappa shape index (κ2) is 5.85. The number of nitro groups is 1. The van der Waals surface area contributed by atoms with Gasteiger partial charge < -0.3 is 0 Å². The van der Waals surface area contributed by atoms with Crippen LogP contribution in [0.1, 0.15) is 13.3 Å². The predicted octanol–water partition coefficient (Wildman–Crippen LogP) is 3.62. The van der Waals surface area contributed by atoms with Crippen molar-refractivity contribution in [3.63, 3.8) is 0 Å². The molecule has 0 fully saturated rings. The minimum atomic E-state index is -0.392. The third-order valence-electron chi connectivity index (χ3n) is 3.53. The monoisotopic (exact) mass is 296 g/mol. The molecule has 0 saturated carbocycles. The molecule has 0 aliphatic heterocycles. The molecule has 0 aliphatic rings. The smallest absolute Gasteiger partial charge is 0.274 e. The SMILES string of the molecule is CCCN(c1ccncc1[N+](=O)[O-])n1ccc2ccccc21. The first-order valence-electron chi connectivity index (χ1n) is 7.14. The summed E-state index contributed by atoms with van der Waals surface area (Å²) < 4.78 is 1.96. The lowest BCUT2D eigenvalue weighted by Crippen LogP contribution is -2.30. The summed E-state index contributed by atoms with van der Waals surface area (Å²) in [5.41, 5.74) is 1.57. The van der Waals surface area contributed by atoms with Gasteiger partial charge in [-0.25, -0.2) is 0 Å². The van der Waals surface area contributed by atoms with Crippen LogP contribution in [-0.2, 0) is 0 Å². The average molecular weight is 296 g/mol. The van der Waals surface area contributed by atoms with Gasteiger partial charge in [-0.1, -0.05) is 25.1 Å². The summed E-state index contributed by atoms with van der Waals surface area (Å²) in [5, 5.41) is 14.3. The van der Waals surface area contributed by atoms with Crippen LogP contribution < -0.4 is 5.01 Å². The zero-order valence-electron chi connectivity index (χ0n) is 12.2.